The van der Waals surface area contributed by atoms with Crippen LogP contribution in [0, 0.1) is 0 Å². The molecule has 0 aliphatic carbocycles. The molecule has 0 saturated carbocycles. The van der Waals surface area contributed by atoms with Crippen LogP contribution < -0.4 is 0 Å². The van der Waals surface area contributed by atoms with Crippen LogP contribution in [0.5, 0.6) is 0 Å². The first-order valence-corrected chi connectivity index (χ1v) is 6.40. The molecular formula is C10H15ClN2S. The Labute approximate surface area is 93.9 Å². The first-order valence-electron chi connectivity index (χ1n) is 4.98. The fourth-order valence-corrected chi connectivity index (χ4v) is 2.85. The normalized spacial score (nSPS) is 20.1. The highest BCUT2D eigenvalue weighted by atomic mass is 35.5. The van der Waals surface area contributed by atoms with Crippen molar-refractivity contribution in [1.82, 2.24) is 9.88 Å². The summed E-state index contributed by atoms with van der Waals surface area (Å²) in [6, 6.07) is 0. The number of hydrogen-bond donors (Lipinski definition) is 0. The highest BCUT2D eigenvalue weighted by molar-refractivity contribution is 7.09. The first kappa shape index (κ1) is 10.4. The van der Waals surface area contributed by atoms with E-state index in [0.717, 1.165) is 5.01 Å². The van der Waals surface area contributed by atoms with Gasteiger partial charge < -0.3 is 4.90 Å². The maximum Gasteiger partial charge on any atom is 0.108 e. The minimum absolute atomic E-state index is 0.553. The Bertz CT molecular complexity index is 292. The molecule has 1 fully saturated rings. The summed E-state index contributed by atoms with van der Waals surface area (Å²) in [7, 11) is 2.18. The number of nitrogens with zero attached hydrogens (tertiary/aromatic N) is 2. The molecule has 2 nitrogen and oxygen atoms in total. The number of piperidine rings is 1. The second-order valence-electron chi connectivity index (χ2n) is 3.88. The highest BCUT2D eigenvalue weighted by Crippen LogP contribution is 2.28. The summed E-state index contributed by atoms with van der Waals surface area (Å²) in [5.74, 6) is 1.22. The van der Waals surface area contributed by atoms with Gasteiger partial charge in [0.05, 0.1) is 11.6 Å². The third-order valence-electron chi connectivity index (χ3n) is 2.82. The molecule has 0 spiro atoms. The smallest absolute Gasteiger partial charge is 0.108 e. The van der Waals surface area contributed by atoms with Crippen LogP contribution in [0.1, 0.15) is 29.5 Å². The molecule has 1 aliphatic rings. The van der Waals surface area contributed by atoms with Crippen molar-refractivity contribution in [3.05, 3.63) is 16.1 Å². The van der Waals surface area contributed by atoms with Gasteiger partial charge in [0.2, 0.25) is 0 Å². The fourth-order valence-electron chi connectivity index (χ4n) is 1.88. The third-order valence-corrected chi connectivity index (χ3v) is 4.10. The SMILES string of the molecule is CN1CCC(c2csc(CCl)n2)CC1. The van der Waals surface area contributed by atoms with E-state index in [1.54, 1.807) is 11.3 Å². The predicted octanol–water partition coefficient (Wildman–Crippen LogP) is 2.69. The van der Waals surface area contributed by atoms with Gasteiger partial charge in [-0.05, 0) is 33.0 Å². The van der Waals surface area contributed by atoms with Gasteiger partial charge in [0.25, 0.3) is 0 Å². The van der Waals surface area contributed by atoms with Gasteiger partial charge >= 0.3 is 0 Å². The van der Waals surface area contributed by atoms with Gasteiger partial charge in [0.1, 0.15) is 5.01 Å². The molecule has 0 N–H and O–H groups in total. The Hall–Kier alpha value is -0.120. The molecule has 1 saturated heterocycles. The largest absolute Gasteiger partial charge is 0.306 e. The lowest BCUT2D eigenvalue weighted by Crippen LogP contribution is -2.29. The molecule has 4 heteroatoms. The van der Waals surface area contributed by atoms with Crippen LogP contribution in [0.15, 0.2) is 5.38 Å². The van der Waals surface area contributed by atoms with Crippen LogP contribution in [0.2, 0.25) is 0 Å². The minimum Gasteiger partial charge on any atom is -0.306 e. The summed E-state index contributed by atoms with van der Waals surface area (Å²) in [6.45, 7) is 2.39. The van der Waals surface area contributed by atoms with Gasteiger partial charge in [-0.15, -0.1) is 22.9 Å². The molecule has 0 aromatic carbocycles. The van der Waals surface area contributed by atoms with Gasteiger partial charge in [0, 0.05) is 11.3 Å². The number of rotatable bonds is 2. The number of thiazole rings is 1. The molecule has 1 aromatic heterocycles. The second kappa shape index (κ2) is 4.60. The summed E-state index contributed by atoms with van der Waals surface area (Å²) >= 11 is 7.43. The fraction of sp³-hybridized carbons (Fsp3) is 0.700. The Morgan fingerprint density at radius 1 is 1.57 bits per heavy atom. The molecule has 2 rings (SSSR count). The average Bonchev–Trinajstić information content (AvgIpc) is 2.67. The van der Waals surface area contributed by atoms with E-state index in [2.05, 4.69) is 22.3 Å². The molecule has 78 valence electrons. The number of likely N-dealkylation sites (tertiary alicyclic amines) is 1. The van der Waals surface area contributed by atoms with Gasteiger partial charge in [-0.3, -0.25) is 0 Å². The van der Waals surface area contributed by atoms with E-state index < -0.39 is 0 Å². The molecular weight excluding hydrogens is 216 g/mol. The van der Waals surface area contributed by atoms with Crippen molar-refractivity contribution < 1.29 is 0 Å². The molecule has 0 atom stereocenters. The molecule has 0 bridgehead atoms. The Morgan fingerprint density at radius 3 is 2.86 bits per heavy atom. The molecule has 14 heavy (non-hydrogen) atoms. The van der Waals surface area contributed by atoms with Crippen molar-refractivity contribution in [1.29, 1.82) is 0 Å². The zero-order valence-electron chi connectivity index (χ0n) is 8.37. The van der Waals surface area contributed by atoms with Crippen molar-refractivity contribution in [3.63, 3.8) is 0 Å². The molecule has 0 radical (unpaired) electrons. The van der Waals surface area contributed by atoms with Crippen molar-refractivity contribution >= 4 is 22.9 Å². The quantitative estimate of drug-likeness (QED) is 0.727. The first-order chi connectivity index (χ1) is 6.79. The Morgan fingerprint density at radius 2 is 2.29 bits per heavy atom. The number of hydrogen-bond acceptors (Lipinski definition) is 3. The number of aromatic nitrogens is 1. The van der Waals surface area contributed by atoms with Crippen LogP contribution in [0.4, 0.5) is 0 Å². The van der Waals surface area contributed by atoms with Crippen molar-refractivity contribution in [2.75, 3.05) is 20.1 Å². The van der Waals surface area contributed by atoms with Gasteiger partial charge in [-0.1, -0.05) is 0 Å². The third kappa shape index (κ3) is 2.27. The van der Waals surface area contributed by atoms with Gasteiger partial charge in [-0.2, -0.15) is 0 Å². The van der Waals surface area contributed by atoms with E-state index in [4.69, 9.17) is 11.6 Å². The maximum absolute atomic E-state index is 5.74. The summed E-state index contributed by atoms with van der Waals surface area (Å²) in [5, 5.41) is 3.23. The Kier molecular flexibility index (Phi) is 3.42. The van der Waals surface area contributed by atoms with Crippen molar-refractivity contribution in [2.45, 2.75) is 24.6 Å². The van der Waals surface area contributed by atoms with Crippen LogP contribution in [-0.2, 0) is 5.88 Å². The number of halogens is 1. The van der Waals surface area contributed by atoms with Gasteiger partial charge in [-0.25, -0.2) is 4.98 Å². The minimum atomic E-state index is 0.553. The summed E-state index contributed by atoms with van der Waals surface area (Å²) < 4.78 is 0. The standard InChI is InChI=1S/C10H15ClN2S/c1-13-4-2-8(3-5-13)9-7-14-10(6-11)12-9/h7-8H,2-6H2,1H3. The highest BCUT2D eigenvalue weighted by Gasteiger charge is 2.20. The Balaban J connectivity index is 2.01. The molecule has 1 aliphatic heterocycles. The van der Waals surface area contributed by atoms with Crippen LogP contribution in [0.3, 0.4) is 0 Å². The van der Waals surface area contributed by atoms with Crippen molar-refractivity contribution in [2.24, 2.45) is 0 Å². The lowest BCUT2D eigenvalue weighted by Gasteiger charge is -2.27. The monoisotopic (exact) mass is 230 g/mol. The lowest BCUT2D eigenvalue weighted by molar-refractivity contribution is 0.253. The van der Waals surface area contributed by atoms with Crippen molar-refractivity contribution in [3.8, 4) is 0 Å². The van der Waals surface area contributed by atoms with E-state index in [9.17, 15) is 0 Å². The van der Waals surface area contributed by atoms with Crippen LogP contribution in [-0.4, -0.2) is 30.0 Å². The topological polar surface area (TPSA) is 16.1 Å². The molecule has 1 aromatic rings. The van der Waals surface area contributed by atoms with E-state index in [1.165, 1.54) is 31.6 Å². The van der Waals surface area contributed by atoms with E-state index in [-0.39, 0.29) is 0 Å². The zero-order chi connectivity index (χ0) is 9.97. The predicted molar refractivity (Wildman–Crippen MR) is 61.1 cm³/mol. The summed E-state index contributed by atoms with van der Waals surface area (Å²) in [5.41, 5.74) is 1.26. The van der Waals surface area contributed by atoms with Crippen LogP contribution >= 0.6 is 22.9 Å². The maximum atomic E-state index is 5.74. The van der Waals surface area contributed by atoms with Gasteiger partial charge in [0.15, 0.2) is 0 Å². The van der Waals surface area contributed by atoms with E-state index in [0.29, 0.717) is 11.8 Å². The summed E-state index contributed by atoms with van der Waals surface area (Å²) in [4.78, 5) is 6.93. The zero-order valence-corrected chi connectivity index (χ0v) is 9.94. The summed E-state index contributed by atoms with van der Waals surface area (Å²) in [6.07, 6.45) is 2.48. The lowest BCUT2D eigenvalue weighted by atomic mass is 9.95. The van der Waals surface area contributed by atoms with E-state index >= 15 is 0 Å². The number of alkyl halides is 1. The molecule has 2 heterocycles. The van der Waals surface area contributed by atoms with E-state index in [1.807, 2.05) is 0 Å². The molecule has 0 amide bonds. The second-order valence-corrected chi connectivity index (χ2v) is 5.09. The molecule has 0 unspecified atom stereocenters. The van der Waals surface area contributed by atoms with Crippen LogP contribution in [0.25, 0.3) is 0 Å². The average molecular weight is 231 g/mol.